The van der Waals surface area contributed by atoms with E-state index in [1.54, 1.807) is 0 Å². The second-order valence-electron chi connectivity index (χ2n) is 17.2. The van der Waals surface area contributed by atoms with E-state index in [0.717, 1.165) is 51.4 Å². The average Bonchev–Trinajstić information content (AvgIpc) is 3.16. The van der Waals surface area contributed by atoms with Crippen LogP contribution in [-0.2, 0) is 18.4 Å². The van der Waals surface area contributed by atoms with E-state index < -0.39 is 32.7 Å². The zero-order valence-electron chi connectivity index (χ0n) is 37.7. The Morgan fingerprint density at radius 2 is 1.07 bits per heavy atom. The quantitative estimate of drug-likeness (QED) is 0.0242. The molecule has 10 heteroatoms. The number of aliphatic hydroxyl groups is 2. The number of nitrogens with one attached hydrogen (secondary N) is 1. The monoisotopic (exact) mass is 827 g/mol. The highest BCUT2D eigenvalue weighted by Crippen LogP contribution is 2.38. The topological polar surface area (TPSA) is 128 Å². The summed E-state index contributed by atoms with van der Waals surface area (Å²) < 4.78 is 23.1. The molecule has 0 aliphatic heterocycles. The second-order valence-corrected chi connectivity index (χ2v) is 18.7. The normalized spacial score (nSPS) is 15.2. The highest BCUT2D eigenvalue weighted by molar-refractivity contribution is 7.45. The highest BCUT2D eigenvalue weighted by Gasteiger charge is 2.29. The van der Waals surface area contributed by atoms with Crippen LogP contribution in [-0.4, -0.2) is 79.8 Å². The number of quaternary nitrogens is 1. The lowest BCUT2D eigenvalue weighted by Crippen LogP contribution is -2.51. The van der Waals surface area contributed by atoms with Gasteiger partial charge in [-0.3, -0.25) is 9.36 Å². The van der Waals surface area contributed by atoms with Gasteiger partial charge in [-0.2, -0.15) is 0 Å². The van der Waals surface area contributed by atoms with Crippen LogP contribution in [0.15, 0.2) is 36.5 Å². The minimum Gasteiger partial charge on any atom is -0.756 e. The number of rotatable bonds is 42. The third-order valence-corrected chi connectivity index (χ3v) is 11.5. The van der Waals surface area contributed by atoms with Crippen LogP contribution in [0.25, 0.3) is 0 Å². The predicted molar refractivity (Wildman–Crippen MR) is 239 cm³/mol. The van der Waals surface area contributed by atoms with Crippen LogP contribution >= 0.6 is 7.82 Å². The summed E-state index contributed by atoms with van der Waals surface area (Å²) in [5.41, 5.74) is 0. The van der Waals surface area contributed by atoms with Gasteiger partial charge in [0.1, 0.15) is 19.3 Å². The van der Waals surface area contributed by atoms with Gasteiger partial charge in [0.05, 0.1) is 39.9 Å². The summed E-state index contributed by atoms with van der Waals surface area (Å²) in [6, 6.07) is -1.10. The fraction of sp³-hybridized carbons (Fsp3) is 0.851. The van der Waals surface area contributed by atoms with Gasteiger partial charge in [0.25, 0.3) is 7.82 Å². The van der Waals surface area contributed by atoms with Gasteiger partial charge in [-0.15, -0.1) is 0 Å². The van der Waals surface area contributed by atoms with E-state index in [-0.39, 0.29) is 18.9 Å². The first-order valence-corrected chi connectivity index (χ1v) is 24.8. The minimum atomic E-state index is -4.68. The van der Waals surface area contributed by atoms with Crippen molar-refractivity contribution in [2.75, 3.05) is 40.9 Å². The van der Waals surface area contributed by atoms with Crippen LogP contribution in [0.1, 0.15) is 200 Å². The van der Waals surface area contributed by atoms with E-state index in [0.29, 0.717) is 30.3 Å². The van der Waals surface area contributed by atoms with Crippen molar-refractivity contribution in [3.05, 3.63) is 36.5 Å². The van der Waals surface area contributed by atoms with Gasteiger partial charge in [-0.1, -0.05) is 172 Å². The van der Waals surface area contributed by atoms with Gasteiger partial charge in [-0.05, 0) is 58.3 Å². The molecule has 336 valence electrons. The lowest BCUT2D eigenvalue weighted by molar-refractivity contribution is -0.870. The van der Waals surface area contributed by atoms with Crippen molar-refractivity contribution in [3.8, 4) is 0 Å². The number of aliphatic hydroxyl groups excluding tert-OH is 2. The van der Waals surface area contributed by atoms with Crippen molar-refractivity contribution in [2.24, 2.45) is 0 Å². The highest BCUT2D eigenvalue weighted by atomic mass is 31.2. The standard InChI is InChI=1S/C47H91N2O7P/c1-6-8-10-12-14-16-18-20-21-22-23-24-25-26-27-28-30-32-34-36-38-40-46(51)48-44(43-56-57(53,54)55-42-41-49(3,4)5)47(52)45(50)39-37-35-33-31-29-19-17-15-13-11-9-7-2/h7,9,15,17,31,33,44-45,47,50,52H,6,8,10-14,16,18-30,32,34-43H2,1-5H3,(H-,48,51,53,54)/b9-7+,17-15+,33-31+. The Labute approximate surface area is 351 Å². The van der Waals surface area contributed by atoms with Crippen molar-refractivity contribution in [1.29, 1.82) is 0 Å². The first-order chi connectivity index (χ1) is 27.4. The fourth-order valence-corrected chi connectivity index (χ4v) is 7.49. The number of carbonyl (C=O) groups is 1. The molecule has 0 aliphatic rings. The Hall–Kier alpha value is -1.32. The first-order valence-electron chi connectivity index (χ1n) is 23.4. The van der Waals surface area contributed by atoms with Gasteiger partial charge in [-0.25, -0.2) is 0 Å². The maximum absolute atomic E-state index is 12.9. The van der Waals surface area contributed by atoms with Gasteiger partial charge in [0.2, 0.25) is 5.91 Å². The largest absolute Gasteiger partial charge is 0.756 e. The summed E-state index contributed by atoms with van der Waals surface area (Å²) in [6.07, 6.45) is 43.5. The third kappa shape index (κ3) is 39.9. The van der Waals surface area contributed by atoms with E-state index in [9.17, 15) is 24.5 Å². The molecular formula is C47H91N2O7P. The fourth-order valence-electron chi connectivity index (χ4n) is 6.76. The molecule has 0 saturated heterocycles. The molecule has 0 aromatic rings. The van der Waals surface area contributed by atoms with Crippen LogP contribution in [0, 0.1) is 0 Å². The van der Waals surface area contributed by atoms with Crippen molar-refractivity contribution < 1.29 is 38.0 Å². The lowest BCUT2D eigenvalue weighted by Gasteiger charge is -2.31. The Morgan fingerprint density at radius 1 is 0.649 bits per heavy atom. The summed E-state index contributed by atoms with van der Waals surface area (Å²) in [7, 11) is 1.10. The number of phosphoric acid groups is 1. The Kier molecular flexibility index (Phi) is 38.0. The summed E-state index contributed by atoms with van der Waals surface area (Å²) >= 11 is 0. The molecule has 0 spiro atoms. The molecule has 57 heavy (non-hydrogen) atoms. The molecule has 4 atom stereocenters. The van der Waals surface area contributed by atoms with Crippen molar-refractivity contribution >= 4 is 13.7 Å². The number of likely N-dealkylation sites (N-methyl/N-ethyl adjacent to an activating group) is 1. The summed E-state index contributed by atoms with van der Waals surface area (Å²) in [4.78, 5) is 25.4. The second kappa shape index (κ2) is 38.9. The molecule has 3 N–H and O–H groups in total. The third-order valence-electron chi connectivity index (χ3n) is 10.5. The van der Waals surface area contributed by atoms with Gasteiger partial charge < -0.3 is 34.0 Å². The smallest absolute Gasteiger partial charge is 0.268 e. The van der Waals surface area contributed by atoms with Crippen LogP contribution in [0.3, 0.4) is 0 Å². The summed E-state index contributed by atoms with van der Waals surface area (Å²) in [5, 5.41) is 24.6. The van der Waals surface area contributed by atoms with Crippen molar-refractivity contribution in [1.82, 2.24) is 5.32 Å². The number of phosphoric ester groups is 1. The predicted octanol–water partition coefficient (Wildman–Crippen LogP) is 11.4. The first kappa shape index (κ1) is 55.7. The SMILES string of the molecule is C/C=C/CC/C=C/CC/C=C/CCCC(O)C(O)C(COP(=O)([O-])OCC[N+](C)(C)C)NC(=O)CCCCCCCCCCCCCCCCCCCCCCC. The zero-order valence-corrected chi connectivity index (χ0v) is 38.5. The minimum absolute atomic E-state index is 0.0493. The Balaban J connectivity index is 4.40. The summed E-state index contributed by atoms with van der Waals surface area (Å²) in [5.74, 6) is -0.293. The van der Waals surface area contributed by atoms with Gasteiger partial charge >= 0.3 is 0 Å². The molecule has 0 heterocycles. The molecule has 4 unspecified atom stereocenters. The average molecular weight is 827 g/mol. The van der Waals surface area contributed by atoms with Crippen LogP contribution in [0.4, 0.5) is 0 Å². The molecule has 0 bridgehead atoms. The molecule has 0 fully saturated rings. The van der Waals surface area contributed by atoms with Gasteiger partial charge in [0.15, 0.2) is 0 Å². The number of unbranched alkanes of at least 4 members (excludes halogenated alkanes) is 23. The molecule has 0 aliphatic carbocycles. The van der Waals surface area contributed by atoms with Gasteiger partial charge in [0, 0.05) is 6.42 Å². The number of carbonyl (C=O) groups excluding carboxylic acids is 1. The molecule has 0 rings (SSSR count). The molecule has 0 radical (unpaired) electrons. The number of hydrogen-bond donors (Lipinski definition) is 3. The zero-order chi connectivity index (χ0) is 42.3. The molecular weight excluding hydrogens is 735 g/mol. The van der Waals surface area contributed by atoms with Crippen molar-refractivity contribution in [2.45, 2.75) is 218 Å². The Morgan fingerprint density at radius 3 is 1.51 bits per heavy atom. The Bertz CT molecular complexity index is 1050. The molecule has 9 nitrogen and oxygen atoms in total. The lowest BCUT2D eigenvalue weighted by atomic mass is 10.0. The van der Waals surface area contributed by atoms with Crippen LogP contribution in [0.2, 0.25) is 0 Å². The van der Waals surface area contributed by atoms with Crippen LogP contribution in [0.5, 0.6) is 0 Å². The molecule has 0 aromatic carbocycles. The maximum Gasteiger partial charge on any atom is 0.268 e. The molecule has 1 amide bonds. The van der Waals surface area contributed by atoms with E-state index in [1.807, 2.05) is 28.1 Å². The van der Waals surface area contributed by atoms with E-state index in [1.165, 1.54) is 109 Å². The number of amides is 1. The van der Waals surface area contributed by atoms with Crippen molar-refractivity contribution in [3.63, 3.8) is 0 Å². The van der Waals surface area contributed by atoms with E-state index in [2.05, 4.69) is 48.7 Å². The summed E-state index contributed by atoms with van der Waals surface area (Å²) in [6.45, 7) is 4.20. The maximum atomic E-state index is 12.9. The molecule has 0 saturated carbocycles. The number of nitrogens with zero attached hydrogens (tertiary/aromatic N) is 1. The van der Waals surface area contributed by atoms with Crippen LogP contribution < -0.4 is 10.2 Å². The van der Waals surface area contributed by atoms with E-state index in [4.69, 9.17) is 9.05 Å². The van der Waals surface area contributed by atoms with E-state index >= 15 is 0 Å². The molecule has 0 aromatic heterocycles. The number of allylic oxidation sites excluding steroid dienone is 6. The number of hydrogen-bond acceptors (Lipinski definition) is 7.